The summed E-state index contributed by atoms with van der Waals surface area (Å²) in [5, 5.41) is 3.19. The molecule has 3 aromatic rings. The molecule has 1 aliphatic rings. The Kier molecular flexibility index (Phi) is 3.09. The average molecular weight is 296 g/mol. The van der Waals surface area contributed by atoms with E-state index in [2.05, 4.69) is 50.6 Å². The van der Waals surface area contributed by atoms with Crippen LogP contribution in [0.5, 0.6) is 0 Å². The van der Waals surface area contributed by atoms with Crippen molar-refractivity contribution >= 4 is 27.4 Å². The molecule has 0 fully saturated rings. The molecule has 0 amide bonds. The first-order chi connectivity index (χ1) is 10.4. The fourth-order valence-corrected chi connectivity index (χ4v) is 3.78. The molecule has 21 heavy (non-hydrogen) atoms. The predicted octanol–water partition coefficient (Wildman–Crippen LogP) is 2.58. The molecular formula is C16H16N4S. The summed E-state index contributed by atoms with van der Waals surface area (Å²) in [7, 11) is 0. The normalized spacial score (nSPS) is 18.0. The van der Waals surface area contributed by atoms with Gasteiger partial charge in [-0.1, -0.05) is 24.3 Å². The smallest absolute Gasteiger partial charge is 0.141 e. The van der Waals surface area contributed by atoms with Crippen LogP contribution in [0.25, 0.3) is 10.2 Å². The van der Waals surface area contributed by atoms with E-state index >= 15 is 0 Å². The van der Waals surface area contributed by atoms with Gasteiger partial charge in [0.15, 0.2) is 0 Å². The number of fused-ring (bicyclic) bond motifs is 2. The van der Waals surface area contributed by atoms with Gasteiger partial charge in [0.05, 0.1) is 5.39 Å². The van der Waals surface area contributed by atoms with E-state index in [0.29, 0.717) is 6.54 Å². The summed E-state index contributed by atoms with van der Waals surface area (Å²) < 4.78 is 0. The third-order valence-corrected chi connectivity index (χ3v) is 4.96. The fraction of sp³-hybridized carbons (Fsp3) is 0.250. The second-order valence-corrected chi connectivity index (χ2v) is 6.22. The third-order valence-electron chi connectivity index (χ3n) is 4.14. The number of anilines is 1. The Bertz CT molecular complexity index is 783. The van der Waals surface area contributed by atoms with Crippen molar-refractivity contribution in [3.8, 4) is 0 Å². The molecule has 1 aromatic carbocycles. The average Bonchev–Trinajstić information content (AvgIpc) is 3.02. The number of hydrogen-bond acceptors (Lipinski definition) is 5. The molecule has 0 saturated carbocycles. The molecule has 0 radical (unpaired) electrons. The van der Waals surface area contributed by atoms with Crippen molar-refractivity contribution in [1.82, 2.24) is 9.97 Å². The van der Waals surface area contributed by atoms with E-state index in [1.807, 2.05) is 0 Å². The van der Waals surface area contributed by atoms with Gasteiger partial charge in [-0.05, 0) is 29.0 Å². The van der Waals surface area contributed by atoms with Crippen LogP contribution in [0.2, 0.25) is 0 Å². The van der Waals surface area contributed by atoms with Gasteiger partial charge < -0.3 is 10.6 Å². The Labute approximate surface area is 127 Å². The van der Waals surface area contributed by atoms with Gasteiger partial charge in [0.25, 0.3) is 0 Å². The van der Waals surface area contributed by atoms with Crippen LogP contribution in [0.3, 0.4) is 0 Å². The number of aromatic nitrogens is 2. The van der Waals surface area contributed by atoms with Crippen molar-refractivity contribution in [2.45, 2.75) is 19.0 Å². The molecule has 3 heterocycles. The van der Waals surface area contributed by atoms with Gasteiger partial charge in [-0.15, -0.1) is 11.3 Å². The minimum absolute atomic E-state index is 0.290. The Morgan fingerprint density at radius 2 is 2.05 bits per heavy atom. The van der Waals surface area contributed by atoms with Crippen molar-refractivity contribution in [3.63, 3.8) is 0 Å². The highest BCUT2D eigenvalue weighted by Gasteiger charge is 2.27. The summed E-state index contributed by atoms with van der Waals surface area (Å²) in [5.74, 6) is 1.01. The summed E-state index contributed by atoms with van der Waals surface area (Å²) in [6.07, 6.45) is 2.63. The summed E-state index contributed by atoms with van der Waals surface area (Å²) in [5.41, 5.74) is 8.79. The number of hydrogen-bond donors (Lipinski definition) is 1. The lowest BCUT2D eigenvalue weighted by molar-refractivity contribution is 0.557. The van der Waals surface area contributed by atoms with E-state index in [0.717, 1.165) is 29.0 Å². The predicted molar refractivity (Wildman–Crippen MR) is 86.6 cm³/mol. The van der Waals surface area contributed by atoms with Crippen molar-refractivity contribution in [1.29, 1.82) is 0 Å². The van der Waals surface area contributed by atoms with Crippen LogP contribution in [0.15, 0.2) is 42.0 Å². The van der Waals surface area contributed by atoms with E-state index in [9.17, 15) is 0 Å². The van der Waals surface area contributed by atoms with Gasteiger partial charge in [-0.25, -0.2) is 9.97 Å². The molecule has 4 rings (SSSR count). The maximum Gasteiger partial charge on any atom is 0.141 e. The molecule has 0 bridgehead atoms. The summed E-state index contributed by atoms with van der Waals surface area (Å²) >= 11 is 1.65. The molecule has 2 aromatic heterocycles. The van der Waals surface area contributed by atoms with Crippen LogP contribution in [-0.2, 0) is 13.0 Å². The quantitative estimate of drug-likeness (QED) is 0.789. The Hall–Kier alpha value is -1.98. The van der Waals surface area contributed by atoms with E-state index in [4.69, 9.17) is 5.73 Å². The lowest BCUT2D eigenvalue weighted by Gasteiger charge is -2.37. The lowest BCUT2D eigenvalue weighted by Crippen LogP contribution is -2.45. The van der Waals surface area contributed by atoms with E-state index < -0.39 is 0 Å². The van der Waals surface area contributed by atoms with Crippen molar-refractivity contribution in [2.75, 3.05) is 11.4 Å². The zero-order chi connectivity index (χ0) is 14.2. The van der Waals surface area contributed by atoms with E-state index in [1.54, 1.807) is 17.7 Å². The molecule has 1 unspecified atom stereocenters. The maximum atomic E-state index is 6.03. The van der Waals surface area contributed by atoms with Crippen LogP contribution in [0.1, 0.15) is 11.1 Å². The van der Waals surface area contributed by atoms with Crippen LogP contribution in [-0.4, -0.2) is 22.6 Å². The Balaban J connectivity index is 1.82. The SMILES string of the molecule is NCC1Cc2ccccc2CN1c1ncnc2sccc12. The van der Waals surface area contributed by atoms with Crippen LogP contribution in [0, 0.1) is 0 Å². The highest BCUT2D eigenvalue weighted by atomic mass is 32.1. The van der Waals surface area contributed by atoms with Gasteiger partial charge in [0.1, 0.15) is 17.0 Å². The molecule has 1 aliphatic heterocycles. The van der Waals surface area contributed by atoms with Crippen molar-refractivity contribution < 1.29 is 0 Å². The maximum absolute atomic E-state index is 6.03. The first kappa shape index (κ1) is 12.7. The first-order valence-electron chi connectivity index (χ1n) is 7.08. The second-order valence-electron chi connectivity index (χ2n) is 5.33. The molecule has 5 heteroatoms. The monoisotopic (exact) mass is 296 g/mol. The molecule has 0 saturated heterocycles. The number of nitrogens with zero attached hydrogens (tertiary/aromatic N) is 3. The standard InChI is InChI=1S/C16H16N4S/c17-8-13-7-11-3-1-2-4-12(11)9-20(13)15-14-5-6-21-16(14)19-10-18-15/h1-6,10,13H,7-9,17H2. The highest BCUT2D eigenvalue weighted by molar-refractivity contribution is 7.16. The number of nitrogens with two attached hydrogens (primary N) is 1. The Morgan fingerprint density at radius 3 is 2.90 bits per heavy atom. The minimum Gasteiger partial charge on any atom is -0.347 e. The van der Waals surface area contributed by atoms with Gasteiger partial charge in [0.2, 0.25) is 0 Å². The van der Waals surface area contributed by atoms with E-state index in [1.165, 1.54) is 11.1 Å². The summed E-state index contributed by atoms with van der Waals surface area (Å²) in [4.78, 5) is 12.3. The lowest BCUT2D eigenvalue weighted by atomic mass is 9.94. The highest BCUT2D eigenvalue weighted by Crippen LogP contribution is 2.32. The molecule has 0 spiro atoms. The van der Waals surface area contributed by atoms with Gasteiger partial charge >= 0.3 is 0 Å². The van der Waals surface area contributed by atoms with Crippen molar-refractivity contribution in [2.24, 2.45) is 5.73 Å². The molecular weight excluding hydrogens is 280 g/mol. The molecule has 2 N–H and O–H groups in total. The first-order valence-corrected chi connectivity index (χ1v) is 7.96. The fourth-order valence-electron chi connectivity index (χ4n) is 3.05. The third kappa shape index (κ3) is 2.09. The largest absolute Gasteiger partial charge is 0.347 e. The summed E-state index contributed by atoms with van der Waals surface area (Å²) in [6.45, 7) is 1.49. The zero-order valence-electron chi connectivity index (χ0n) is 11.6. The zero-order valence-corrected chi connectivity index (χ0v) is 12.4. The van der Waals surface area contributed by atoms with Crippen LogP contribution >= 0.6 is 11.3 Å². The molecule has 0 aliphatic carbocycles. The van der Waals surface area contributed by atoms with Crippen LogP contribution in [0.4, 0.5) is 5.82 Å². The molecule has 1 atom stereocenters. The van der Waals surface area contributed by atoms with Gasteiger partial charge in [-0.2, -0.15) is 0 Å². The number of thiophene rings is 1. The van der Waals surface area contributed by atoms with Crippen molar-refractivity contribution in [3.05, 3.63) is 53.2 Å². The van der Waals surface area contributed by atoms with Crippen LogP contribution < -0.4 is 10.6 Å². The molecule has 106 valence electrons. The van der Waals surface area contributed by atoms with Gasteiger partial charge in [0, 0.05) is 19.1 Å². The second kappa shape index (κ2) is 5.09. The topological polar surface area (TPSA) is 55.0 Å². The summed E-state index contributed by atoms with van der Waals surface area (Å²) in [6, 6.07) is 11.0. The van der Waals surface area contributed by atoms with Gasteiger partial charge in [-0.3, -0.25) is 0 Å². The van der Waals surface area contributed by atoms with E-state index in [-0.39, 0.29) is 6.04 Å². The minimum atomic E-state index is 0.290. The molecule has 4 nitrogen and oxygen atoms in total. The Morgan fingerprint density at radius 1 is 1.19 bits per heavy atom. The number of benzene rings is 1. The number of rotatable bonds is 2.